The van der Waals surface area contributed by atoms with Gasteiger partial charge in [-0.15, -0.1) is 0 Å². The van der Waals surface area contributed by atoms with Crippen molar-refractivity contribution in [2.45, 2.75) is 64.1 Å². The van der Waals surface area contributed by atoms with Gasteiger partial charge in [0.05, 0.1) is 6.26 Å². The summed E-state index contributed by atoms with van der Waals surface area (Å²) in [6.45, 7) is 4.07. The Bertz CT molecular complexity index is 433. The first-order valence-corrected chi connectivity index (χ1v) is 7.84. The molecule has 1 aliphatic rings. The highest BCUT2D eigenvalue weighted by Crippen LogP contribution is 2.23. The molecule has 0 aliphatic heterocycles. The van der Waals surface area contributed by atoms with Crippen LogP contribution in [0.5, 0.6) is 0 Å². The molecule has 0 spiro atoms. The van der Waals surface area contributed by atoms with Crippen LogP contribution in [0.2, 0.25) is 0 Å². The number of hydrogen-bond donors (Lipinski definition) is 3. The normalized spacial score (nSPS) is 25.1. The average Bonchev–Trinajstić information content (AvgIpc) is 2.95. The molecule has 1 aromatic heterocycles. The molecule has 3 N–H and O–H groups in total. The van der Waals surface area contributed by atoms with E-state index >= 15 is 0 Å². The first-order chi connectivity index (χ1) is 10.1. The number of urea groups is 1. The lowest BCUT2D eigenvalue weighted by atomic mass is 9.86. The fourth-order valence-corrected chi connectivity index (χ4v) is 2.96. The SMILES string of the molecule is CC(CC(O)c1ccco1)NC(=O)NC1CCCCC1C. The molecule has 0 radical (unpaired) electrons. The number of aliphatic hydroxyl groups excluding tert-OH is 1. The minimum atomic E-state index is -0.691. The van der Waals surface area contributed by atoms with Gasteiger partial charge in [-0.1, -0.05) is 19.8 Å². The van der Waals surface area contributed by atoms with Crippen LogP contribution in [0.4, 0.5) is 4.79 Å². The van der Waals surface area contributed by atoms with E-state index in [1.807, 2.05) is 6.92 Å². The van der Waals surface area contributed by atoms with Gasteiger partial charge < -0.3 is 20.2 Å². The van der Waals surface area contributed by atoms with Gasteiger partial charge in [0, 0.05) is 18.5 Å². The summed E-state index contributed by atoms with van der Waals surface area (Å²) < 4.78 is 5.16. The van der Waals surface area contributed by atoms with Crippen LogP contribution in [-0.2, 0) is 0 Å². The van der Waals surface area contributed by atoms with Gasteiger partial charge in [0.15, 0.2) is 0 Å². The predicted octanol–water partition coefficient (Wildman–Crippen LogP) is 2.97. The maximum atomic E-state index is 12.0. The molecule has 4 unspecified atom stereocenters. The van der Waals surface area contributed by atoms with Gasteiger partial charge in [-0.25, -0.2) is 4.79 Å². The Kier molecular flexibility index (Phi) is 5.67. The lowest BCUT2D eigenvalue weighted by molar-refractivity contribution is 0.129. The fraction of sp³-hybridized carbons (Fsp3) is 0.688. The molecular formula is C16H26N2O3. The standard InChI is InChI=1S/C16H26N2O3/c1-11-6-3-4-7-13(11)18-16(20)17-12(2)10-14(19)15-8-5-9-21-15/h5,8-9,11-14,19H,3-4,6-7,10H2,1-2H3,(H2,17,18,20). The highest BCUT2D eigenvalue weighted by atomic mass is 16.4. The molecule has 1 aliphatic carbocycles. The van der Waals surface area contributed by atoms with Crippen LogP contribution < -0.4 is 10.6 Å². The van der Waals surface area contributed by atoms with Crippen LogP contribution in [0.1, 0.15) is 57.8 Å². The highest BCUT2D eigenvalue weighted by molar-refractivity contribution is 5.74. The third-order valence-electron chi connectivity index (χ3n) is 4.25. The Labute approximate surface area is 126 Å². The van der Waals surface area contributed by atoms with Gasteiger partial charge in [-0.05, 0) is 37.8 Å². The molecule has 1 heterocycles. The number of nitrogens with one attached hydrogen (secondary N) is 2. The van der Waals surface area contributed by atoms with E-state index in [1.165, 1.54) is 25.5 Å². The number of carbonyl (C=O) groups excluding carboxylic acids is 1. The quantitative estimate of drug-likeness (QED) is 0.781. The molecule has 21 heavy (non-hydrogen) atoms. The van der Waals surface area contributed by atoms with E-state index in [2.05, 4.69) is 17.6 Å². The molecule has 1 saturated carbocycles. The zero-order chi connectivity index (χ0) is 15.2. The van der Waals surface area contributed by atoms with Gasteiger partial charge >= 0.3 is 6.03 Å². The largest absolute Gasteiger partial charge is 0.467 e. The summed E-state index contributed by atoms with van der Waals surface area (Å²) >= 11 is 0. The third kappa shape index (κ3) is 4.77. The van der Waals surface area contributed by atoms with Crippen LogP contribution >= 0.6 is 0 Å². The van der Waals surface area contributed by atoms with Crippen molar-refractivity contribution < 1.29 is 14.3 Å². The molecule has 1 aromatic rings. The zero-order valence-corrected chi connectivity index (χ0v) is 12.8. The van der Waals surface area contributed by atoms with Gasteiger partial charge in [-0.2, -0.15) is 0 Å². The van der Waals surface area contributed by atoms with E-state index in [9.17, 15) is 9.90 Å². The summed E-state index contributed by atoms with van der Waals surface area (Å²) in [7, 11) is 0. The van der Waals surface area contributed by atoms with Crippen LogP contribution in [0.25, 0.3) is 0 Å². The lowest BCUT2D eigenvalue weighted by Crippen LogP contribution is -2.48. The summed E-state index contributed by atoms with van der Waals surface area (Å²) in [5.74, 6) is 1.07. The molecule has 0 bridgehead atoms. The topological polar surface area (TPSA) is 74.5 Å². The summed E-state index contributed by atoms with van der Waals surface area (Å²) in [6, 6.07) is 3.48. The number of furan rings is 1. The van der Waals surface area contributed by atoms with Gasteiger partial charge in [0.25, 0.3) is 0 Å². The minimum absolute atomic E-state index is 0.121. The minimum Gasteiger partial charge on any atom is -0.467 e. The number of rotatable bonds is 5. The number of aliphatic hydroxyl groups is 1. The maximum Gasteiger partial charge on any atom is 0.315 e. The van der Waals surface area contributed by atoms with Crippen LogP contribution in [0.15, 0.2) is 22.8 Å². The second-order valence-corrected chi connectivity index (χ2v) is 6.15. The Morgan fingerprint density at radius 1 is 1.48 bits per heavy atom. The maximum absolute atomic E-state index is 12.0. The van der Waals surface area contributed by atoms with Gasteiger partial charge in [-0.3, -0.25) is 0 Å². The zero-order valence-electron chi connectivity index (χ0n) is 12.8. The molecular weight excluding hydrogens is 268 g/mol. The van der Waals surface area contributed by atoms with E-state index in [0.717, 1.165) is 6.42 Å². The first-order valence-electron chi connectivity index (χ1n) is 7.84. The van der Waals surface area contributed by atoms with Crippen LogP contribution in [0.3, 0.4) is 0 Å². The summed E-state index contributed by atoms with van der Waals surface area (Å²) in [5, 5.41) is 15.9. The summed E-state index contributed by atoms with van der Waals surface area (Å²) in [4.78, 5) is 12.0. The van der Waals surface area contributed by atoms with Crippen molar-refractivity contribution in [3.05, 3.63) is 24.2 Å². The Hall–Kier alpha value is -1.49. The first kappa shape index (κ1) is 15.9. The smallest absolute Gasteiger partial charge is 0.315 e. The highest BCUT2D eigenvalue weighted by Gasteiger charge is 2.23. The fourth-order valence-electron chi connectivity index (χ4n) is 2.96. The molecule has 2 amide bonds. The number of amides is 2. The Morgan fingerprint density at radius 3 is 2.90 bits per heavy atom. The number of carbonyl (C=O) groups is 1. The van der Waals surface area contributed by atoms with Crippen molar-refractivity contribution in [2.24, 2.45) is 5.92 Å². The third-order valence-corrected chi connectivity index (χ3v) is 4.25. The van der Waals surface area contributed by atoms with Gasteiger partial charge in [0.1, 0.15) is 11.9 Å². The van der Waals surface area contributed by atoms with E-state index in [0.29, 0.717) is 18.1 Å². The lowest BCUT2D eigenvalue weighted by Gasteiger charge is -2.30. The molecule has 1 fully saturated rings. The van der Waals surface area contributed by atoms with Crippen molar-refractivity contribution >= 4 is 6.03 Å². The van der Waals surface area contributed by atoms with Crippen LogP contribution in [0, 0.1) is 5.92 Å². The number of hydrogen-bond acceptors (Lipinski definition) is 3. The molecule has 2 rings (SSSR count). The van der Waals surface area contributed by atoms with E-state index in [4.69, 9.17) is 4.42 Å². The van der Waals surface area contributed by atoms with Crippen molar-refractivity contribution in [3.8, 4) is 0 Å². The molecule has 118 valence electrons. The average molecular weight is 294 g/mol. The predicted molar refractivity (Wildman–Crippen MR) is 80.8 cm³/mol. The molecule has 5 nitrogen and oxygen atoms in total. The monoisotopic (exact) mass is 294 g/mol. The van der Waals surface area contributed by atoms with Crippen molar-refractivity contribution in [2.75, 3.05) is 0 Å². The van der Waals surface area contributed by atoms with Gasteiger partial charge in [0.2, 0.25) is 0 Å². The molecule has 5 heteroatoms. The molecule has 4 atom stereocenters. The van der Waals surface area contributed by atoms with E-state index in [1.54, 1.807) is 12.1 Å². The summed E-state index contributed by atoms with van der Waals surface area (Å²) in [6.07, 6.45) is 5.95. The van der Waals surface area contributed by atoms with Crippen molar-refractivity contribution in [3.63, 3.8) is 0 Å². The Balaban J connectivity index is 1.74. The van der Waals surface area contributed by atoms with Crippen molar-refractivity contribution in [1.82, 2.24) is 10.6 Å². The molecule has 0 saturated heterocycles. The second-order valence-electron chi connectivity index (χ2n) is 6.15. The second kappa shape index (κ2) is 7.50. The van der Waals surface area contributed by atoms with Crippen LogP contribution in [-0.4, -0.2) is 23.2 Å². The van der Waals surface area contributed by atoms with Crippen molar-refractivity contribution in [1.29, 1.82) is 0 Å². The Morgan fingerprint density at radius 2 is 2.24 bits per heavy atom. The summed E-state index contributed by atoms with van der Waals surface area (Å²) in [5.41, 5.74) is 0. The van der Waals surface area contributed by atoms with E-state index < -0.39 is 6.10 Å². The molecule has 0 aromatic carbocycles. The van der Waals surface area contributed by atoms with E-state index in [-0.39, 0.29) is 18.1 Å².